The zero-order chi connectivity index (χ0) is 18.0. The van der Waals surface area contributed by atoms with Gasteiger partial charge in [0.2, 0.25) is 0 Å². The molecule has 25 heavy (non-hydrogen) atoms. The van der Waals surface area contributed by atoms with E-state index < -0.39 is 18.0 Å². The summed E-state index contributed by atoms with van der Waals surface area (Å²) in [5, 5.41) is 24.6. The number of fused-ring (bicyclic) bond motifs is 1. The summed E-state index contributed by atoms with van der Waals surface area (Å²) in [7, 11) is 0. The second-order valence-electron chi connectivity index (χ2n) is 5.35. The van der Waals surface area contributed by atoms with Crippen LogP contribution in [-0.2, 0) is 11.2 Å². The lowest BCUT2D eigenvalue weighted by Gasteiger charge is -2.16. The fourth-order valence-corrected chi connectivity index (χ4v) is 3.35. The van der Waals surface area contributed by atoms with Gasteiger partial charge in [0.25, 0.3) is 0 Å². The van der Waals surface area contributed by atoms with E-state index >= 15 is 0 Å². The first-order valence-electron chi connectivity index (χ1n) is 7.29. The molecule has 2 aromatic heterocycles. The largest absolute Gasteiger partial charge is 0.480 e. The summed E-state index contributed by atoms with van der Waals surface area (Å²) in [6.45, 7) is 0. The van der Waals surface area contributed by atoms with E-state index in [4.69, 9.17) is 11.6 Å². The van der Waals surface area contributed by atoms with Crippen LogP contribution in [0.3, 0.4) is 0 Å². The van der Waals surface area contributed by atoms with E-state index in [0.29, 0.717) is 15.9 Å². The number of nitrogens with one attached hydrogen (secondary N) is 1. The summed E-state index contributed by atoms with van der Waals surface area (Å²) in [4.78, 5) is 28.3. The number of benzene rings is 1. The molecule has 0 aliphatic carbocycles. The molecule has 0 spiro atoms. The van der Waals surface area contributed by atoms with E-state index in [1.54, 1.807) is 18.2 Å². The van der Waals surface area contributed by atoms with Crippen LogP contribution in [0, 0.1) is 0 Å². The van der Waals surface area contributed by atoms with Gasteiger partial charge in [-0.15, -0.1) is 11.3 Å². The average Bonchev–Trinajstić information content (AvgIpc) is 3.06. The van der Waals surface area contributed by atoms with Crippen molar-refractivity contribution < 1.29 is 19.8 Å². The van der Waals surface area contributed by atoms with Crippen molar-refractivity contribution >= 4 is 51.6 Å². The van der Waals surface area contributed by atoms with Crippen LogP contribution in [0.5, 0.6) is 0 Å². The van der Waals surface area contributed by atoms with Crippen LogP contribution in [0.1, 0.15) is 15.2 Å². The van der Waals surface area contributed by atoms with Crippen molar-refractivity contribution in [3.05, 3.63) is 57.2 Å². The zero-order valence-corrected chi connectivity index (χ0v) is 14.3. The van der Waals surface area contributed by atoms with Crippen LogP contribution in [0.15, 0.2) is 41.8 Å². The third kappa shape index (κ3) is 3.89. The van der Waals surface area contributed by atoms with Crippen molar-refractivity contribution in [2.24, 2.45) is 0 Å². The van der Waals surface area contributed by atoms with Crippen LogP contribution in [0.2, 0.25) is 5.02 Å². The summed E-state index contributed by atoms with van der Waals surface area (Å²) in [6, 6.07) is 9.01. The Morgan fingerprint density at radius 1 is 1.24 bits per heavy atom. The van der Waals surface area contributed by atoms with Crippen molar-refractivity contribution in [3.8, 4) is 0 Å². The minimum absolute atomic E-state index is 0.0197. The minimum atomic E-state index is -1.20. The molecule has 0 bridgehead atoms. The van der Waals surface area contributed by atoms with Crippen molar-refractivity contribution in [3.63, 3.8) is 0 Å². The molecule has 128 valence electrons. The molecule has 8 heteroatoms. The maximum absolute atomic E-state index is 11.6. The number of halogens is 1. The fraction of sp³-hybridized carbons (Fsp3) is 0.118. The lowest BCUT2D eigenvalue weighted by Crippen LogP contribution is -2.32. The van der Waals surface area contributed by atoms with Crippen LogP contribution in [0.4, 0.5) is 5.82 Å². The molecule has 3 rings (SSSR count). The molecule has 6 nitrogen and oxygen atoms in total. The Hall–Kier alpha value is -2.64. The Balaban J connectivity index is 2.00. The molecule has 0 amide bonds. The van der Waals surface area contributed by atoms with Crippen molar-refractivity contribution in [1.29, 1.82) is 0 Å². The predicted molar refractivity (Wildman–Crippen MR) is 96.8 cm³/mol. The van der Waals surface area contributed by atoms with Gasteiger partial charge in [-0.05, 0) is 35.7 Å². The van der Waals surface area contributed by atoms with Crippen LogP contribution in [-0.4, -0.2) is 33.2 Å². The number of carboxylic acid groups (broad SMARTS) is 2. The molecular formula is C17H13ClN2O4S. The molecule has 0 aliphatic rings. The van der Waals surface area contributed by atoms with E-state index in [0.717, 1.165) is 4.88 Å². The second kappa shape index (κ2) is 7.08. The highest BCUT2D eigenvalue weighted by Crippen LogP contribution is 2.25. The minimum Gasteiger partial charge on any atom is -0.480 e. The van der Waals surface area contributed by atoms with Gasteiger partial charge in [-0.25, -0.2) is 14.6 Å². The molecule has 0 saturated carbocycles. The molecule has 0 radical (unpaired) electrons. The SMILES string of the molecule is O=C(O)c1cc2cc(Cl)ccc2nc1N[C@@H](Cc1cccs1)C(=O)O. The van der Waals surface area contributed by atoms with E-state index in [1.807, 2.05) is 17.5 Å². The molecule has 0 saturated heterocycles. The Labute approximate surface area is 151 Å². The molecule has 1 aromatic carbocycles. The van der Waals surface area contributed by atoms with E-state index in [1.165, 1.54) is 17.4 Å². The lowest BCUT2D eigenvalue weighted by atomic mass is 10.1. The van der Waals surface area contributed by atoms with Crippen LogP contribution >= 0.6 is 22.9 Å². The standard InChI is InChI=1S/C17H13ClN2O4S/c18-10-3-4-13-9(6-10)7-12(16(21)22)15(19-13)20-14(17(23)24)8-11-2-1-5-25-11/h1-7,14H,8H2,(H,19,20)(H,21,22)(H,23,24)/t14-/m0/s1. The second-order valence-corrected chi connectivity index (χ2v) is 6.81. The number of rotatable bonds is 6. The van der Waals surface area contributed by atoms with Crippen LogP contribution in [0.25, 0.3) is 10.9 Å². The number of thiophene rings is 1. The molecule has 3 aromatic rings. The number of carboxylic acids is 2. The highest BCUT2D eigenvalue weighted by molar-refractivity contribution is 7.09. The molecule has 2 heterocycles. The number of anilines is 1. The van der Waals surface area contributed by atoms with E-state index in [-0.39, 0.29) is 17.8 Å². The van der Waals surface area contributed by atoms with Crippen molar-refractivity contribution in [2.45, 2.75) is 12.5 Å². The lowest BCUT2D eigenvalue weighted by molar-refractivity contribution is -0.137. The topological polar surface area (TPSA) is 99.5 Å². The Bertz CT molecular complexity index is 943. The van der Waals surface area contributed by atoms with Gasteiger partial charge >= 0.3 is 11.9 Å². The van der Waals surface area contributed by atoms with Gasteiger partial charge in [-0.1, -0.05) is 17.7 Å². The van der Waals surface area contributed by atoms with Gasteiger partial charge in [0.1, 0.15) is 17.4 Å². The molecule has 3 N–H and O–H groups in total. The van der Waals surface area contributed by atoms with Crippen LogP contribution < -0.4 is 5.32 Å². The van der Waals surface area contributed by atoms with Gasteiger partial charge in [0.05, 0.1) is 5.52 Å². The smallest absolute Gasteiger partial charge is 0.339 e. The first-order valence-corrected chi connectivity index (χ1v) is 8.55. The summed E-state index contributed by atoms with van der Waals surface area (Å²) in [5.74, 6) is -2.26. The van der Waals surface area contributed by atoms with Gasteiger partial charge in [-0.2, -0.15) is 0 Å². The predicted octanol–water partition coefficient (Wildman–Crippen LogP) is 3.76. The van der Waals surface area contributed by atoms with Gasteiger partial charge < -0.3 is 15.5 Å². The zero-order valence-electron chi connectivity index (χ0n) is 12.8. The molecule has 0 aliphatic heterocycles. The Morgan fingerprint density at radius 2 is 2.04 bits per heavy atom. The highest BCUT2D eigenvalue weighted by atomic mass is 35.5. The fourth-order valence-electron chi connectivity index (χ4n) is 2.42. The summed E-state index contributed by atoms with van der Waals surface area (Å²) in [5.41, 5.74) is 0.421. The van der Waals surface area contributed by atoms with E-state index in [2.05, 4.69) is 10.3 Å². The monoisotopic (exact) mass is 376 g/mol. The number of nitrogens with zero attached hydrogens (tertiary/aromatic N) is 1. The third-order valence-corrected chi connectivity index (χ3v) is 4.74. The quantitative estimate of drug-likeness (QED) is 0.605. The molecule has 0 fully saturated rings. The summed E-state index contributed by atoms with van der Waals surface area (Å²) >= 11 is 7.37. The maximum atomic E-state index is 11.6. The van der Waals surface area contributed by atoms with Gasteiger partial charge in [-0.3, -0.25) is 0 Å². The summed E-state index contributed by atoms with van der Waals surface area (Å²) in [6.07, 6.45) is 0.229. The number of aromatic nitrogens is 1. The maximum Gasteiger partial charge on any atom is 0.339 e. The van der Waals surface area contributed by atoms with Gasteiger partial charge in [0, 0.05) is 21.7 Å². The van der Waals surface area contributed by atoms with Crippen molar-refractivity contribution in [2.75, 3.05) is 5.32 Å². The normalized spacial score (nSPS) is 12.0. The van der Waals surface area contributed by atoms with E-state index in [9.17, 15) is 19.8 Å². The number of hydrogen-bond donors (Lipinski definition) is 3. The number of hydrogen-bond acceptors (Lipinski definition) is 5. The Morgan fingerprint density at radius 3 is 2.68 bits per heavy atom. The van der Waals surface area contributed by atoms with Crippen molar-refractivity contribution in [1.82, 2.24) is 4.98 Å². The number of pyridine rings is 1. The summed E-state index contributed by atoms with van der Waals surface area (Å²) < 4.78 is 0. The first-order chi connectivity index (χ1) is 11.9. The molecular weight excluding hydrogens is 364 g/mol. The average molecular weight is 377 g/mol. The Kier molecular flexibility index (Phi) is 4.87. The first kappa shape index (κ1) is 17.2. The van der Waals surface area contributed by atoms with Gasteiger partial charge in [0.15, 0.2) is 0 Å². The third-order valence-electron chi connectivity index (χ3n) is 3.60. The number of aromatic carboxylic acids is 1. The highest BCUT2D eigenvalue weighted by Gasteiger charge is 2.22. The number of carbonyl (C=O) groups is 2. The molecule has 1 atom stereocenters. The molecule has 0 unspecified atom stereocenters. The number of aliphatic carboxylic acids is 1.